The molecule has 4 nitrogen and oxygen atoms in total. The van der Waals surface area contributed by atoms with E-state index in [0.29, 0.717) is 18.6 Å². The number of hydrogen-bond acceptors (Lipinski definition) is 3. The van der Waals surface area contributed by atoms with Gasteiger partial charge in [0.15, 0.2) is 0 Å². The molecule has 27 heavy (non-hydrogen) atoms. The number of benzene rings is 1. The molecule has 0 N–H and O–H groups in total. The zero-order valence-electron chi connectivity index (χ0n) is 15.0. The number of alkyl halides is 3. The Hall–Kier alpha value is -2.57. The predicted octanol–water partition coefficient (Wildman–Crippen LogP) is 4.02. The monoisotopic (exact) mass is 376 g/mol. The molecular weight excluding hydrogens is 357 g/mol. The molecule has 7 heteroatoms. The molecule has 1 unspecified atom stereocenters. The van der Waals surface area contributed by atoms with Crippen molar-refractivity contribution in [2.75, 3.05) is 11.4 Å². The second-order valence-electron chi connectivity index (χ2n) is 7.68. The van der Waals surface area contributed by atoms with E-state index in [1.807, 2.05) is 26.0 Å². The molecule has 4 rings (SSSR count). The van der Waals surface area contributed by atoms with Gasteiger partial charge in [-0.05, 0) is 50.1 Å². The third-order valence-electron chi connectivity index (χ3n) is 5.01. The molecule has 1 aromatic heterocycles. The first-order chi connectivity index (χ1) is 12.6. The molecule has 2 heterocycles. The maximum absolute atomic E-state index is 13.2. The normalized spacial score (nSPS) is 20.6. The van der Waals surface area contributed by atoms with Gasteiger partial charge in [0.05, 0.1) is 17.8 Å². The summed E-state index contributed by atoms with van der Waals surface area (Å²) in [5, 5.41) is 0. The Labute approximate surface area is 155 Å². The van der Waals surface area contributed by atoms with Crippen LogP contribution >= 0.6 is 0 Å². The highest BCUT2D eigenvalue weighted by molar-refractivity contribution is 5.98. The standard InChI is InChI=1S/C20H19F3N2O2/c1-19(2)11-25(16-10-14(20(21,22)23)5-6-17(16)27-19)18(26)13-8-12-4-3-7-24-15(12)9-13/h3-7,10,13H,8-9,11H2,1-2H3. The van der Waals surface area contributed by atoms with Crippen LogP contribution in [0.3, 0.4) is 0 Å². The summed E-state index contributed by atoms with van der Waals surface area (Å²) in [5.41, 5.74) is 0.601. The SMILES string of the molecule is CC1(C)CN(C(=O)C2Cc3cccnc3C2)c2cc(C(F)(F)F)ccc2O1. The van der Waals surface area contributed by atoms with Gasteiger partial charge >= 0.3 is 6.18 Å². The number of ether oxygens (including phenoxy) is 1. The average Bonchev–Trinajstić information content (AvgIpc) is 3.02. The van der Waals surface area contributed by atoms with E-state index in [1.54, 1.807) is 6.20 Å². The van der Waals surface area contributed by atoms with Gasteiger partial charge in [-0.25, -0.2) is 0 Å². The highest BCUT2D eigenvalue weighted by Gasteiger charge is 2.41. The smallest absolute Gasteiger partial charge is 0.416 e. The molecule has 2 aromatic rings. The number of fused-ring (bicyclic) bond motifs is 2. The zero-order chi connectivity index (χ0) is 19.4. The number of hydrogen-bond donors (Lipinski definition) is 0. The number of halogens is 3. The molecule has 1 aliphatic carbocycles. The van der Waals surface area contributed by atoms with Gasteiger partial charge < -0.3 is 9.64 Å². The van der Waals surface area contributed by atoms with Gasteiger partial charge in [0.2, 0.25) is 5.91 Å². The molecule has 1 aliphatic heterocycles. The fourth-order valence-electron chi connectivity index (χ4n) is 3.79. The van der Waals surface area contributed by atoms with Crippen molar-refractivity contribution in [3.05, 3.63) is 53.3 Å². The first-order valence-corrected chi connectivity index (χ1v) is 8.78. The lowest BCUT2D eigenvalue weighted by Gasteiger charge is -2.40. The predicted molar refractivity (Wildman–Crippen MR) is 93.6 cm³/mol. The molecular formula is C20H19F3N2O2. The Balaban J connectivity index is 1.69. The van der Waals surface area contributed by atoms with E-state index in [9.17, 15) is 18.0 Å². The number of amides is 1. The van der Waals surface area contributed by atoms with E-state index >= 15 is 0 Å². The lowest BCUT2D eigenvalue weighted by molar-refractivity contribution is -0.137. The van der Waals surface area contributed by atoms with Gasteiger partial charge in [0.25, 0.3) is 0 Å². The summed E-state index contributed by atoms with van der Waals surface area (Å²) in [7, 11) is 0. The molecule has 0 fully saturated rings. The fraction of sp³-hybridized carbons (Fsp3) is 0.400. The summed E-state index contributed by atoms with van der Waals surface area (Å²) in [6, 6.07) is 7.05. The summed E-state index contributed by atoms with van der Waals surface area (Å²) in [6.45, 7) is 3.83. The van der Waals surface area contributed by atoms with Crippen molar-refractivity contribution in [3.8, 4) is 5.75 Å². The lowest BCUT2D eigenvalue weighted by atomic mass is 9.99. The number of anilines is 1. The van der Waals surface area contributed by atoms with Crippen LogP contribution < -0.4 is 9.64 Å². The van der Waals surface area contributed by atoms with Gasteiger partial charge in [-0.3, -0.25) is 9.78 Å². The van der Waals surface area contributed by atoms with Gasteiger partial charge in [-0.1, -0.05) is 6.07 Å². The van der Waals surface area contributed by atoms with Crippen LogP contribution in [0.15, 0.2) is 36.5 Å². The minimum absolute atomic E-state index is 0.179. The Kier molecular flexibility index (Phi) is 3.94. The zero-order valence-corrected chi connectivity index (χ0v) is 15.0. The number of nitrogens with zero attached hydrogens (tertiary/aromatic N) is 2. The van der Waals surface area contributed by atoms with E-state index in [4.69, 9.17) is 4.74 Å². The van der Waals surface area contributed by atoms with Crippen molar-refractivity contribution in [2.24, 2.45) is 5.92 Å². The highest BCUT2D eigenvalue weighted by Crippen LogP contribution is 2.42. The molecule has 0 saturated carbocycles. The Bertz CT molecular complexity index is 883. The minimum atomic E-state index is -4.48. The molecule has 142 valence electrons. The largest absolute Gasteiger partial charge is 0.484 e. The summed E-state index contributed by atoms with van der Waals surface area (Å²) < 4.78 is 45.3. The summed E-state index contributed by atoms with van der Waals surface area (Å²) in [6.07, 6.45) is -1.74. The van der Waals surface area contributed by atoms with E-state index in [1.165, 1.54) is 11.0 Å². The van der Waals surface area contributed by atoms with Crippen LogP contribution in [0.25, 0.3) is 0 Å². The first kappa shape index (κ1) is 17.8. The van der Waals surface area contributed by atoms with Crippen LogP contribution in [-0.4, -0.2) is 23.0 Å². The summed E-state index contributed by atoms with van der Waals surface area (Å²) in [5.74, 6) is -0.225. The first-order valence-electron chi connectivity index (χ1n) is 8.78. The quantitative estimate of drug-likeness (QED) is 0.755. The van der Waals surface area contributed by atoms with Crippen molar-refractivity contribution in [1.82, 2.24) is 4.98 Å². The van der Waals surface area contributed by atoms with E-state index in [0.717, 1.165) is 23.4 Å². The van der Waals surface area contributed by atoms with Crippen LogP contribution in [0.2, 0.25) is 0 Å². The third-order valence-corrected chi connectivity index (χ3v) is 5.01. The molecule has 1 aromatic carbocycles. The highest BCUT2D eigenvalue weighted by atomic mass is 19.4. The minimum Gasteiger partial charge on any atom is -0.484 e. The van der Waals surface area contributed by atoms with Gasteiger partial charge in [-0.15, -0.1) is 0 Å². The maximum Gasteiger partial charge on any atom is 0.416 e. The Morgan fingerprint density at radius 2 is 2.04 bits per heavy atom. The average molecular weight is 376 g/mol. The molecule has 1 amide bonds. The molecule has 0 saturated heterocycles. The number of aromatic nitrogens is 1. The van der Waals surface area contributed by atoms with Crippen LogP contribution in [0, 0.1) is 5.92 Å². The van der Waals surface area contributed by atoms with E-state index in [-0.39, 0.29) is 24.1 Å². The van der Waals surface area contributed by atoms with Crippen LogP contribution in [0.5, 0.6) is 5.75 Å². The topological polar surface area (TPSA) is 42.4 Å². The second-order valence-corrected chi connectivity index (χ2v) is 7.68. The van der Waals surface area contributed by atoms with Gasteiger partial charge in [0, 0.05) is 24.2 Å². The number of carbonyl (C=O) groups is 1. The number of pyridine rings is 1. The molecule has 0 spiro atoms. The number of rotatable bonds is 1. The van der Waals surface area contributed by atoms with Crippen molar-refractivity contribution in [3.63, 3.8) is 0 Å². The van der Waals surface area contributed by atoms with Crippen LogP contribution in [0.4, 0.5) is 18.9 Å². The van der Waals surface area contributed by atoms with Crippen molar-refractivity contribution in [2.45, 2.75) is 38.5 Å². The fourth-order valence-corrected chi connectivity index (χ4v) is 3.79. The molecule has 0 radical (unpaired) electrons. The number of carbonyl (C=O) groups excluding carboxylic acids is 1. The lowest BCUT2D eigenvalue weighted by Crippen LogP contribution is -2.51. The van der Waals surface area contributed by atoms with Crippen LogP contribution in [-0.2, 0) is 23.8 Å². The maximum atomic E-state index is 13.2. The Morgan fingerprint density at radius 1 is 1.26 bits per heavy atom. The molecule has 1 atom stereocenters. The summed E-state index contributed by atoms with van der Waals surface area (Å²) >= 11 is 0. The molecule has 0 bridgehead atoms. The van der Waals surface area contributed by atoms with Gasteiger partial charge in [-0.2, -0.15) is 13.2 Å². The van der Waals surface area contributed by atoms with Crippen molar-refractivity contribution in [1.29, 1.82) is 0 Å². The second kappa shape index (κ2) is 5.97. The third kappa shape index (κ3) is 3.26. The van der Waals surface area contributed by atoms with Crippen LogP contribution in [0.1, 0.15) is 30.7 Å². The van der Waals surface area contributed by atoms with E-state index in [2.05, 4.69) is 4.98 Å². The van der Waals surface area contributed by atoms with E-state index < -0.39 is 17.3 Å². The summed E-state index contributed by atoms with van der Waals surface area (Å²) in [4.78, 5) is 19.0. The van der Waals surface area contributed by atoms with Crippen molar-refractivity contribution < 1.29 is 22.7 Å². The molecule has 2 aliphatic rings. The van der Waals surface area contributed by atoms with Gasteiger partial charge in [0.1, 0.15) is 11.4 Å². The van der Waals surface area contributed by atoms with Crippen molar-refractivity contribution >= 4 is 11.6 Å². The Morgan fingerprint density at radius 3 is 2.74 bits per heavy atom.